The SMILES string of the molecule is c1ccc(-c2ccc(N(c3cccc(-c4ccc5c(c4)c(-c4ccccc4)c(-c4ccccc4)c4ccccc45)c3)c3ccc4sc5ccccc5c4c3)c3ccccc23)cc1. The van der Waals surface area contributed by atoms with Crippen molar-refractivity contribution in [3.05, 3.63) is 237 Å². The summed E-state index contributed by atoms with van der Waals surface area (Å²) in [6.45, 7) is 0. The summed E-state index contributed by atoms with van der Waals surface area (Å²) in [4.78, 5) is 2.46. The highest BCUT2D eigenvalue weighted by Gasteiger charge is 2.21. The Morgan fingerprint density at radius 1 is 0.258 bits per heavy atom. The van der Waals surface area contributed by atoms with Gasteiger partial charge in [0.25, 0.3) is 0 Å². The molecule has 0 spiro atoms. The van der Waals surface area contributed by atoms with Gasteiger partial charge in [-0.25, -0.2) is 0 Å². The molecule has 1 aromatic heterocycles. The van der Waals surface area contributed by atoms with Crippen molar-refractivity contribution in [2.45, 2.75) is 0 Å². The lowest BCUT2D eigenvalue weighted by atomic mass is 9.84. The fraction of sp³-hybridized carbons (Fsp3) is 0. The predicted molar refractivity (Wildman–Crippen MR) is 268 cm³/mol. The van der Waals surface area contributed by atoms with Crippen LogP contribution in [0.2, 0.25) is 0 Å². The largest absolute Gasteiger partial charge is 0.310 e. The normalized spacial score (nSPS) is 11.5. The lowest BCUT2D eigenvalue weighted by Crippen LogP contribution is -2.10. The molecule has 0 saturated heterocycles. The molecule has 0 fully saturated rings. The van der Waals surface area contributed by atoms with E-state index in [9.17, 15) is 0 Å². The van der Waals surface area contributed by atoms with E-state index in [1.807, 2.05) is 11.3 Å². The Labute approximate surface area is 365 Å². The molecule has 2 heteroatoms. The first-order valence-corrected chi connectivity index (χ1v) is 22.1. The third kappa shape index (κ3) is 6.07. The molecule has 1 nitrogen and oxygen atoms in total. The van der Waals surface area contributed by atoms with Crippen molar-refractivity contribution in [1.82, 2.24) is 0 Å². The smallest absolute Gasteiger partial charge is 0.0540 e. The molecular formula is C60H39NS. The monoisotopic (exact) mass is 805 g/mol. The van der Waals surface area contributed by atoms with Crippen molar-refractivity contribution < 1.29 is 0 Å². The molecule has 0 N–H and O–H groups in total. The number of thiophene rings is 1. The van der Waals surface area contributed by atoms with Crippen molar-refractivity contribution in [2.24, 2.45) is 0 Å². The van der Waals surface area contributed by atoms with E-state index in [4.69, 9.17) is 0 Å². The second-order valence-corrected chi connectivity index (χ2v) is 17.1. The van der Waals surface area contributed by atoms with Crippen LogP contribution in [-0.4, -0.2) is 0 Å². The van der Waals surface area contributed by atoms with E-state index in [-0.39, 0.29) is 0 Å². The van der Waals surface area contributed by atoms with Crippen molar-refractivity contribution in [2.75, 3.05) is 4.90 Å². The molecule has 62 heavy (non-hydrogen) atoms. The van der Waals surface area contributed by atoms with Crippen LogP contribution >= 0.6 is 11.3 Å². The highest BCUT2D eigenvalue weighted by atomic mass is 32.1. The van der Waals surface area contributed by atoms with E-state index in [0.29, 0.717) is 0 Å². The van der Waals surface area contributed by atoms with E-state index in [1.54, 1.807) is 0 Å². The molecule has 0 aliphatic rings. The number of nitrogens with zero attached hydrogens (tertiary/aromatic N) is 1. The fourth-order valence-corrected chi connectivity index (χ4v) is 10.7. The van der Waals surface area contributed by atoms with Crippen LogP contribution in [0.25, 0.3) is 97.0 Å². The van der Waals surface area contributed by atoms with Gasteiger partial charge in [0, 0.05) is 36.9 Å². The van der Waals surface area contributed by atoms with Crippen molar-refractivity contribution in [1.29, 1.82) is 0 Å². The number of hydrogen-bond acceptors (Lipinski definition) is 2. The van der Waals surface area contributed by atoms with Gasteiger partial charge < -0.3 is 4.90 Å². The Morgan fingerprint density at radius 3 is 1.53 bits per heavy atom. The van der Waals surface area contributed by atoms with Crippen LogP contribution in [0.4, 0.5) is 17.1 Å². The molecule has 0 amide bonds. The Morgan fingerprint density at radius 2 is 0.790 bits per heavy atom. The minimum Gasteiger partial charge on any atom is -0.310 e. The molecule has 12 aromatic rings. The highest BCUT2D eigenvalue weighted by molar-refractivity contribution is 7.25. The fourth-order valence-electron chi connectivity index (χ4n) is 9.63. The zero-order chi connectivity index (χ0) is 41.0. The number of fused-ring (bicyclic) bond motifs is 7. The Kier molecular flexibility index (Phi) is 8.76. The van der Waals surface area contributed by atoms with Gasteiger partial charge in [0.2, 0.25) is 0 Å². The molecule has 0 bridgehead atoms. The van der Waals surface area contributed by atoms with Crippen LogP contribution in [0, 0.1) is 0 Å². The van der Waals surface area contributed by atoms with Gasteiger partial charge in [0.15, 0.2) is 0 Å². The van der Waals surface area contributed by atoms with E-state index >= 15 is 0 Å². The molecule has 290 valence electrons. The van der Waals surface area contributed by atoms with Crippen molar-refractivity contribution in [3.8, 4) is 44.5 Å². The van der Waals surface area contributed by atoms with Gasteiger partial charge in [0.05, 0.1) is 5.69 Å². The summed E-state index contributed by atoms with van der Waals surface area (Å²) in [5.74, 6) is 0. The van der Waals surface area contributed by atoms with Gasteiger partial charge >= 0.3 is 0 Å². The molecule has 0 atom stereocenters. The zero-order valence-electron chi connectivity index (χ0n) is 33.9. The van der Waals surface area contributed by atoms with E-state index in [0.717, 1.165) is 22.6 Å². The van der Waals surface area contributed by atoms with Gasteiger partial charge in [-0.05, 0) is 120 Å². The summed E-state index contributed by atoms with van der Waals surface area (Å²) in [6, 6.07) is 86.8. The average Bonchev–Trinajstić information content (AvgIpc) is 3.72. The minimum absolute atomic E-state index is 1.10. The number of benzene rings is 11. The maximum absolute atomic E-state index is 2.46. The molecule has 12 rings (SSSR count). The average molecular weight is 806 g/mol. The quantitative estimate of drug-likeness (QED) is 0.145. The summed E-state index contributed by atoms with van der Waals surface area (Å²) in [5.41, 5.74) is 13.1. The third-order valence-electron chi connectivity index (χ3n) is 12.4. The van der Waals surface area contributed by atoms with Gasteiger partial charge in [-0.15, -0.1) is 11.3 Å². The highest BCUT2D eigenvalue weighted by Crippen LogP contribution is 2.48. The van der Waals surface area contributed by atoms with E-state index < -0.39 is 0 Å². The van der Waals surface area contributed by atoms with E-state index in [1.165, 1.54) is 91.4 Å². The number of rotatable bonds is 7. The molecule has 0 saturated carbocycles. The van der Waals surface area contributed by atoms with Crippen LogP contribution < -0.4 is 4.90 Å². The summed E-state index contributed by atoms with van der Waals surface area (Å²) >= 11 is 1.86. The molecule has 0 aliphatic heterocycles. The van der Waals surface area contributed by atoms with Crippen molar-refractivity contribution >= 4 is 80.9 Å². The predicted octanol–water partition coefficient (Wildman–Crippen LogP) is 17.7. The summed E-state index contributed by atoms with van der Waals surface area (Å²) < 4.78 is 2.60. The van der Waals surface area contributed by atoms with Crippen LogP contribution in [0.1, 0.15) is 0 Å². The number of anilines is 3. The third-order valence-corrected chi connectivity index (χ3v) is 13.6. The first-order chi connectivity index (χ1) is 30.8. The minimum atomic E-state index is 1.10. The second kappa shape index (κ2) is 15.0. The van der Waals surface area contributed by atoms with Gasteiger partial charge in [-0.1, -0.05) is 188 Å². The zero-order valence-corrected chi connectivity index (χ0v) is 34.7. The molecule has 0 aliphatic carbocycles. The standard InChI is InChI=1S/C60H39NS/c1-4-17-40(18-5-1)47-34-35-56(51-27-12-10-25-48(47)51)61(46-32-36-58-54(39-46)52-28-14-15-30-57(52)62-58)45-24-16-23-43(37-45)44-31-33-50-49-26-11-13-29-53(49)59(41-19-6-2-7-20-41)60(55(50)38-44)42-21-8-3-9-22-42/h1-39H. The first-order valence-electron chi connectivity index (χ1n) is 21.3. The second-order valence-electron chi connectivity index (χ2n) is 16.0. The van der Waals surface area contributed by atoms with Crippen molar-refractivity contribution in [3.63, 3.8) is 0 Å². The Balaban J connectivity index is 1.09. The van der Waals surface area contributed by atoms with Crippen LogP contribution in [-0.2, 0) is 0 Å². The van der Waals surface area contributed by atoms with Crippen LogP contribution in [0.5, 0.6) is 0 Å². The summed E-state index contributed by atoms with van der Waals surface area (Å²) in [7, 11) is 0. The lowest BCUT2D eigenvalue weighted by molar-refractivity contribution is 1.30. The molecule has 0 unspecified atom stereocenters. The van der Waals surface area contributed by atoms with Gasteiger partial charge in [0.1, 0.15) is 0 Å². The van der Waals surface area contributed by atoms with Crippen LogP contribution in [0.15, 0.2) is 237 Å². The number of hydrogen-bond donors (Lipinski definition) is 0. The van der Waals surface area contributed by atoms with Gasteiger partial charge in [-0.2, -0.15) is 0 Å². The molecule has 11 aromatic carbocycles. The lowest BCUT2D eigenvalue weighted by Gasteiger charge is -2.28. The molecule has 0 radical (unpaired) electrons. The summed E-state index contributed by atoms with van der Waals surface area (Å²) in [6.07, 6.45) is 0. The van der Waals surface area contributed by atoms with E-state index in [2.05, 4.69) is 241 Å². The summed E-state index contributed by atoms with van der Waals surface area (Å²) in [5, 5.41) is 10.0. The molecule has 1 heterocycles. The van der Waals surface area contributed by atoms with Gasteiger partial charge in [-0.3, -0.25) is 0 Å². The van der Waals surface area contributed by atoms with Crippen LogP contribution in [0.3, 0.4) is 0 Å². The Hall–Kier alpha value is -7.78. The Bertz CT molecular complexity index is 3630. The first kappa shape index (κ1) is 36.1. The topological polar surface area (TPSA) is 3.24 Å². The molecular weight excluding hydrogens is 767 g/mol. The maximum Gasteiger partial charge on any atom is 0.0540 e. The maximum atomic E-state index is 2.46.